The van der Waals surface area contributed by atoms with Crippen LogP contribution >= 0.6 is 0 Å². The van der Waals surface area contributed by atoms with Crippen molar-refractivity contribution in [2.45, 2.75) is 19.5 Å². The number of alkyl halides is 2. The first-order valence-corrected chi connectivity index (χ1v) is 4.71. The van der Waals surface area contributed by atoms with Crippen LogP contribution in [0.5, 0.6) is 5.75 Å². The summed E-state index contributed by atoms with van der Waals surface area (Å²) < 4.78 is 28.4. The van der Waals surface area contributed by atoms with Crippen molar-refractivity contribution >= 4 is 12.0 Å². The molecule has 0 amide bonds. The maximum absolute atomic E-state index is 12.2. The lowest BCUT2D eigenvalue weighted by Gasteiger charge is -2.09. The third-order valence-electron chi connectivity index (χ3n) is 2.01. The second kappa shape index (κ2) is 5.88. The smallest absolute Gasteiger partial charge is 0.387 e. The molecule has 17 heavy (non-hydrogen) atoms. The Kier molecular flexibility index (Phi) is 4.50. The molecular formula is C10H9F2NO4. The van der Waals surface area contributed by atoms with Crippen LogP contribution in [-0.2, 0) is 11.2 Å². The normalized spacial score (nSPS) is 10.3. The van der Waals surface area contributed by atoms with E-state index in [0.29, 0.717) is 6.29 Å². The zero-order valence-corrected chi connectivity index (χ0v) is 8.64. The molecule has 5 nitrogen and oxygen atoms in total. The Labute approximate surface area is 95.2 Å². The largest absolute Gasteiger partial charge is 0.427 e. The van der Waals surface area contributed by atoms with E-state index in [4.69, 9.17) is 0 Å². The van der Waals surface area contributed by atoms with Crippen LogP contribution in [0.3, 0.4) is 0 Å². The number of nitro benzene ring substituents is 1. The van der Waals surface area contributed by atoms with Gasteiger partial charge in [0, 0.05) is 18.1 Å². The van der Waals surface area contributed by atoms with Gasteiger partial charge in [0.15, 0.2) is 0 Å². The van der Waals surface area contributed by atoms with E-state index in [9.17, 15) is 23.7 Å². The van der Waals surface area contributed by atoms with E-state index in [1.54, 1.807) is 0 Å². The molecule has 0 fully saturated rings. The molecule has 0 saturated heterocycles. The van der Waals surface area contributed by atoms with Crippen molar-refractivity contribution in [3.63, 3.8) is 0 Å². The van der Waals surface area contributed by atoms with Gasteiger partial charge >= 0.3 is 12.3 Å². The SMILES string of the molecule is O=CCCc1cccc([N+](=O)[O-])c1OC(F)F. The predicted octanol–water partition coefficient (Wildman–Crippen LogP) is 2.33. The van der Waals surface area contributed by atoms with Crippen molar-refractivity contribution in [2.75, 3.05) is 0 Å². The number of carbonyl (C=O) groups is 1. The summed E-state index contributed by atoms with van der Waals surface area (Å²) in [4.78, 5) is 20.0. The number of carbonyl (C=O) groups excluding carboxylic acids is 1. The second-order valence-electron chi connectivity index (χ2n) is 3.11. The van der Waals surface area contributed by atoms with Crippen LogP contribution in [0.15, 0.2) is 18.2 Å². The number of benzene rings is 1. The van der Waals surface area contributed by atoms with Crippen LogP contribution in [-0.4, -0.2) is 17.8 Å². The Morgan fingerprint density at radius 3 is 2.71 bits per heavy atom. The first kappa shape index (κ1) is 13.0. The van der Waals surface area contributed by atoms with Crippen LogP contribution in [0, 0.1) is 10.1 Å². The molecule has 7 heteroatoms. The summed E-state index contributed by atoms with van der Waals surface area (Å²) in [5.41, 5.74) is -0.319. The van der Waals surface area contributed by atoms with E-state index in [-0.39, 0.29) is 18.4 Å². The molecule has 0 heterocycles. The predicted molar refractivity (Wildman–Crippen MR) is 54.1 cm³/mol. The maximum atomic E-state index is 12.2. The van der Waals surface area contributed by atoms with Gasteiger partial charge in [-0.2, -0.15) is 8.78 Å². The molecule has 0 atom stereocenters. The number of aldehydes is 1. The van der Waals surface area contributed by atoms with Crippen molar-refractivity contribution in [2.24, 2.45) is 0 Å². The molecule has 1 rings (SSSR count). The van der Waals surface area contributed by atoms with E-state index in [1.807, 2.05) is 0 Å². The number of nitrogens with zero attached hydrogens (tertiary/aromatic N) is 1. The average molecular weight is 245 g/mol. The number of hydrogen-bond donors (Lipinski definition) is 0. The Bertz CT molecular complexity index is 423. The number of para-hydroxylation sites is 1. The summed E-state index contributed by atoms with van der Waals surface area (Å²) in [5.74, 6) is -0.477. The van der Waals surface area contributed by atoms with Crippen molar-refractivity contribution in [3.05, 3.63) is 33.9 Å². The third kappa shape index (κ3) is 3.47. The van der Waals surface area contributed by atoms with E-state index in [1.165, 1.54) is 12.1 Å². The van der Waals surface area contributed by atoms with Crippen LogP contribution < -0.4 is 4.74 Å². The van der Waals surface area contributed by atoms with Crippen molar-refractivity contribution in [1.82, 2.24) is 0 Å². The zero-order chi connectivity index (χ0) is 12.8. The highest BCUT2D eigenvalue weighted by Crippen LogP contribution is 2.32. The molecule has 0 aliphatic carbocycles. The van der Waals surface area contributed by atoms with Gasteiger partial charge < -0.3 is 9.53 Å². The monoisotopic (exact) mass is 245 g/mol. The lowest BCUT2D eigenvalue weighted by atomic mass is 10.1. The summed E-state index contributed by atoms with van der Waals surface area (Å²) in [7, 11) is 0. The summed E-state index contributed by atoms with van der Waals surface area (Å²) in [6.07, 6.45) is 0.805. The molecule has 0 bridgehead atoms. The van der Waals surface area contributed by atoms with Gasteiger partial charge in [-0.25, -0.2) is 0 Å². The minimum absolute atomic E-state index is 0.0841. The molecule has 0 unspecified atom stereocenters. The number of halogens is 2. The average Bonchev–Trinajstić information content (AvgIpc) is 2.26. The van der Waals surface area contributed by atoms with Crippen molar-refractivity contribution in [3.8, 4) is 5.75 Å². The second-order valence-corrected chi connectivity index (χ2v) is 3.11. The Balaban J connectivity index is 3.13. The Morgan fingerprint density at radius 1 is 1.47 bits per heavy atom. The Hall–Kier alpha value is -2.05. The van der Waals surface area contributed by atoms with Gasteiger partial charge in [-0.15, -0.1) is 0 Å². The number of hydrogen-bond acceptors (Lipinski definition) is 4. The van der Waals surface area contributed by atoms with Gasteiger partial charge in [0.1, 0.15) is 6.29 Å². The fourth-order valence-corrected chi connectivity index (χ4v) is 1.35. The molecular weight excluding hydrogens is 236 g/mol. The number of aryl methyl sites for hydroxylation is 1. The molecule has 0 N–H and O–H groups in total. The summed E-state index contributed by atoms with van der Waals surface area (Å²) in [6, 6.07) is 3.84. The van der Waals surface area contributed by atoms with Crippen LogP contribution in [0.1, 0.15) is 12.0 Å². The van der Waals surface area contributed by atoms with Gasteiger partial charge in [0.2, 0.25) is 5.75 Å². The first-order chi connectivity index (χ1) is 8.06. The van der Waals surface area contributed by atoms with Gasteiger partial charge in [-0.05, 0) is 6.42 Å². The molecule has 1 aromatic rings. The van der Waals surface area contributed by atoms with Crippen LogP contribution in [0.4, 0.5) is 14.5 Å². The first-order valence-electron chi connectivity index (χ1n) is 4.71. The quantitative estimate of drug-likeness (QED) is 0.438. The maximum Gasteiger partial charge on any atom is 0.387 e. The zero-order valence-electron chi connectivity index (χ0n) is 8.64. The number of ether oxygens (including phenoxy) is 1. The number of rotatable bonds is 6. The van der Waals surface area contributed by atoms with Gasteiger partial charge in [0.05, 0.1) is 4.92 Å². The molecule has 0 aliphatic rings. The molecule has 0 aliphatic heterocycles. The van der Waals surface area contributed by atoms with E-state index in [0.717, 1.165) is 6.07 Å². The molecule has 0 radical (unpaired) electrons. The summed E-state index contributed by atoms with van der Waals surface area (Å²) >= 11 is 0. The van der Waals surface area contributed by atoms with E-state index >= 15 is 0 Å². The lowest BCUT2D eigenvalue weighted by Crippen LogP contribution is -2.07. The highest BCUT2D eigenvalue weighted by atomic mass is 19.3. The topological polar surface area (TPSA) is 69.4 Å². The minimum atomic E-state index is -3.15. The standard InChI is InChI=1S/C10H9F2NO4/c11-10(12)17-9-7(4-2-6-14)3-1-5-8(9)13(15)16/h1,3,5-6,10H,2,4H2. The highest BCUT2D eigenvalue weighted by molar-refractivity contribution is 5.55. The fraction of sp³-hybridized carbons (Fsp3) is 0.300. The number of nitro groups is 1. The van der Waals surface area contributed by atoms with Gasteiger partial charge in [0.25, 0.3) is 0 Å². The molecule has 0 saturated carbocycles. The van der Waals surface area contributed by atoms with Gasteiger partial charge in [-0.1, -0.05) is 12.1 Å². The van der Waals surface area contributed by atoms with Crippen molar-refractivity contribution < 1.29 is 23.2 Å². The van der Waals surface area contributed by atoms with Crippen LogP contribution in [0.2, 0.25) is 0 Å². The van der Waals surface area contributed by atoms with Crippen molar-refractivity contribution in [1.29, 1.82) is 0 Å². The molecule has 1 aromatic carbocycles. The highest BCUT2D eigenvalue weighted by Gasteiger charge is 2.21. The van der Waals surface area contributed by atoms with E-state index in [2.05, 4.69) is 4.74 Å². The molecule has 0 aromatic heterocycles. The third-order valence-corrected chi connectivity index (χ3v) is 2.01. The van der Waals surface area contributed by atoms with Crippen LogP contribution in [0.25, 0.3) is 0 Å². The van der Waals surface area contributed by atoms with E-state index < -0.39 is 23.0 Å². The molecule has 92 valence electrons. The fourth-order valence-electron chi connectivity index (χ4n) is 1.35. The van der Waals surface area contributed by atoms with Gasteiger partial charge in [-0.3, -0.25) is 10.1 Å². The Morgan fingerprint density at radius 2 is 2.18 bits per heavy atom. The summed E-state index contributed by atoms with van der Waals surface area (Å²) in [5, 5.41) is 10.6. The summed E-state index contributed by atoms with van der Waals surface area (Å²) in [6.45, 7) is -3.15. The minimum Gasteiger partial charge on any atom is -0.427 e. The lowest BCUT2D eigenvalue weighted by molar-refractivity contribution is -0.386. The molecule has 0 spiro atoms.